The summed E-state index contributed by atoms with van der Waals surface area (Å²) in [5, 5.41) is 0.559. The molecule has 1 heterocycles. The Morgan fingerprint density at radius 3 is 2.85 bits per heavy atom. The first-order chi connectivity index (χ1) is 9.69. The summed E-state index contributed by atoms with van der Waals surface area (Å²) >= 11 is 6.20. The van der Waals surface area contributed by atoms with Crippen molar-refractivity contribution in [3.8, 4) is 5.75 Å². The van der Waals surface area contributed by atoms with E-state index in [-0.39, 0.29) is 5.69 Å². The highest BCUT2D eigenvalue weighted by molar-refractivity contribution is 6.34. The van der Waals surface area contributed by atoms with Gasteiger partial charge in [0.15, 0.2) is 0 Å². The van der Waals surface area contributed by atoms with Gasteiger partial charge in [0, 0.05) is 0 Å². The first-order valence-corrected chi connectivity index (χ1v) is 6.57. The maximum absolute atomic E-state index is 12.1. The highest BCUT2D eigenvalue weighted by Gasteiger charge is 2.10. The van der Waals surface area contributed by atoms with E-state index in [4.69, 9.17) is 16.3 Å². The summed E-state index contributed by atoms with van der Waals surface area (Å²) in [6, 6.07) is 13.1. The molecule has 0 fully saturated rings. The lowest BCUT2D eigenvalue weighted by Gasteiger charge is -2.06. The van der Waals surface area contributed by atoms with E-state index in [1.807, 2.05) is 36.4 Å². The number of aromatic amines is 1. The highest BCUT2D eigenvalue weighted by Crippen LogP contribution is 2.22. The number of aromatic nitrogens is 2. The number of fused-ring (bicyclic) bond motifs is 1. The van der Waals surface area contributed by atoms with Gasteiger partial charge in [0.05, 0.1) is 29.7 Å². The fourth-order valence-corrected chi connectivity index (χ4v) is 2.56. The van der Waals surface area contributed by atoms with Crippen LogP contribution in [0.3, 0.4) is 0 Å². The Labute approximate surface area is 120 Å². The molecule has 1 aromatic heterocycles. The largest absolute Gasteiger partial charge is 0.497 e. The summed E-state index contributed by atoms with van der Waals surface area (Å²) in [6.45, 7) is 0.444. The number of nitrogens with one attached hydrogen (secondary N) is 1. The zero-order valence-corrected chi connectivity index (χ0v) is 11.6. The van der Waals surface area contributed by atoms with Crippen LogP contribution in [0.5, 0.6) is 5.75 Å². The van der Waals surface area contributed by atoms with E-state index >= 15 is 0 Å². The van der Waals surface area contributed by atoms with Gasteiger partial charge in [-0.3, -0.25) is 4.57 Å². The van der Waals surface area contributed by atoms with E-state index in [2.05, 4.69) is 4.98 Å². The number of hydrogen-bond donors (Lipinski definition) is 1. The molecule has 0 spiro atoms. The Morgan fingerprint density at radius 1 is 1.25 bits per heavy atom. The number of hydrogen-bond acceptors (Lipinski definition) is 2. The minimum absolute atomic E-state index is 0.170. The Hall–Kier alpha value is -2.20. The number of para-hydroxylation sites is 1. The lowest BCUT2D eigenvalue weighted by molar-refractivity contribution is 0.414. The Bertz CT molecular complexity index is 820. The van der Waals surface area contributed by atoms with E-state index in [9.17, 15) is 4.79 Å². The Morgan fingerprint density at radius 2 is 2.05 bits per heavy atom. The van der Waals surface area contributed by atoms with E-state index in [1.54, 1.807) is 17.7 Å². The van der Waals surface area contributed by atoms with E-state index < -0.39 is 0 Å². The van der Waals surface area contributed by atoms with Crippen LogP contribution < -0.4 is 10.4 Å². The lowest BCUT2D eigenvalue weighted by atomic mass is 10.2. The van der Waals surface area contributed by atoms with E-state index in [0.717, 1.165) is 22.3 Å². The number of benzene rings is 2. The zero-order chi connectivity index (χ0) is 14.1. The van der Waals surface area contributed by atoms with Crippen LogP contribution in [-0.2, 0) is 6.54 Å². The molecule has 5 heteroatoms. The summed E-state index contributed by atoms with van der Waals surface area (Å²) in [5.41, 5.74) is 2.27. The van der Waals surface area contributed by atoms with Crippen LogP contribution in [0.15, 0.2) is 47.3 Å². The lowest BCUT2D eigenvalue weighted by Crippen LogP contribution is -2.17. The van der Waals surface area contributed by atoms with Crippen molar-refractivity contribution < 1.29 is 4.74 Å². The van der Waals surface area contributed by atoms with Gasteiger partial charge in [-0.25, -0.2) is 4.79 Å². The summed E-state index contributed by atoms with van der Waals surface area (Å²) in [5.74, 6) is 0.765. The summed E-state index contributed by atoms with van der Waals surface area (Å²) in [4.78, 5) is 14.9. The normalized spacial score (nSPS) is 10.9. The van der Waals surface area contributed by atoms with Crippen LogP contribution in [0, 0.1) is 0 Å². The fourth-order valence-electron chi connectivity index (χ4n) is 2.28. The van der Waals surface area contributed by atoms with Gasteiger partial charge < -0.3 is 9.72 Å². The summed E-state index contributed by atoms with van der Waals surface area (Å²) < 4.78 is 6.83. The standard InChI is InChI=1S/C15H13ClN2O2/c1-20-11-5-2-4-10(8-11)9-18-14-12(16)6-3-7-13(14)17-15(18)19/h2-8H,9H2,1H3,(H,17,19). The SMILES string of the molecule is COc1cccc(Cn2c(=O)[nH]c3cccc(Cl)c32)c1. The molecule has 0 bridgehead atoms. The molecule has 1 N–H and O–H groups in total. The van der Waals surface area contributed by atoms with Crippen molar-refractivity contribution in [1.29, 1.82) is 0 Å². The van der Waals surface area contributed by atoms with Crippen LogP contribution in [0.4, 0.5) is 0 Å². The molecule has 3 rings (SSSR count). The summed E-state index contributed by atoms with van der Waals surface area (Å²) in [6.07, 6.45) is 0. The number of imidazole rings is 1. The van der Waals surface area contributed by atoms with Crippen LogP contribution in [0.2, 0.25) is 5.02 Å². The summed E-state index contributed by atoms with van der Waals surface area (Å²) in [7, 11) is 1.62. The average Bonchev–Trinajstić information content (AvgIpc) is 2.77. The maximum Gasteiger partial charge on any atom is 0.326 e. The number of ether oxygens (including phenoxy) is 1. The average molecular weight is 289 g/mol. The topological polar surface area (TPSA) is 47.0 Å². The Balaban J connectivity index is 2.10. The molecule has 0 saturated carbocycles. The number of methoxy groups -OCH3 is 1. The van der Waals surface area contributed by atoms with Crippen LogP contribution in [0.1, 0.15) is 5.56 Å². The van der Waals surface area contributed by atoms with Crippen molar-refractivity contribution >= 4 is 22.6 Å². The molecule has 0 atom stereocenters. The zero-order valence-electron chi connectivity index (χ0n) is 10.9. The molecule has 0 aliphatic carbocycles. The molecule has 0 unspecified atom stereocenters. The molecule has 0 aliphatic rings. The van der Waals surface area contributed by atoms with Crippen LogP contribution >= 0.6 is 11.6 Å². The van der Waals surface area contributed by atoms with Gasteiger partial charge in [-0.1, -0.05) is 29.8 Å². The van der Waals surface area contributed by atoms with Gasteiger partial charge >= 0.3 is 5.69 Å². The minimum Gasteiger partial charge on any atom is -0.497 e. The molecule has 0 amide bonds. The minimum atomic E-state index is -0.170. The van der Waals surface area contributed by atoms with E-state index in [0.29, 0.717) is 11.6 Å². The first-order valence-electron chi connectivity index (χ1n) is 6.19. The third kappa shape index (κ3) is 2.18. The van der Waals surface area contributed by atoms with Gasteiger partial charge in [0.1, 0.15) is 5.75 Å². The fraction of sp³-hybridized carbons (Fsp3) is 0.133. The molecular formula is C15H13ClN2O2. The second-order valence-corrected chi connectivity index (χ2v) is 4.91. The third-order valence-electron chi connectivity index (χ3n) is 3.22. The predicted molar refractivity (Wildman–Crippen MR) is 79.7 cm³/mol. The van der Waals surface area contributed by atoms with Crippen molar-refractivity contribution in [3.05, 3.63) is 63.5 Å². The van der Waals surface area contributed by atoms with Gasteiger partial charge in [-0.05, 0) is 29.8 Å². The first kappa shape index (κ1) is 12.8. The molecule has 0 radical (unpaired) electrons. The molecule has 20 heavy (non-hydrogen) atoms. The smallest absolute Gasteiger partial charge is 0.326 e. The number of H-pyrrole nitrogens is 1. The molecule has 4 nitrogen and oxygen atoms in total. The van der Waals surface area contributed by atoms with Crippen molar-refractivity contribution in [3.63, 3.8) is 0 Å². The third-order valence-corrected chi connectivity index (χ3v) is 3.52. The van der Waals surface area contributed by atoms with Gasteiger partial charge in [0.25, 0.3) is 0 Å². The Kier molecular flexibility index (Phi) is 3.24. The van der Waals surface area contributed by atoms with Crippen molar-refractivity contribution in [2.75, 3.05) is 7.11 Å². The number of halogens is 1. The van der Waals surface area contributed by atoms with Gasteiger partial charge in [-0.2, -0.15) is 0 Å². The second-order valence-electron chi connectivity index (χ2n) is 4.50. The van der Waals surface area contributed by atoms with Gasteiger partial charge in [0.2, 0.25) is 0 Å². The molecule has 102 valence electrons. The van der Waals surface area contributed by atoms with Crippen LogP contribution in [0.25, 0.3) is 11.0 Å². The maximum atomic E-state index is 12.1. The molecule has 3 aromatic rings. The highest BCUT2D eigenvalue weighted by atomic mass is 35.5. The molecule has 0 aliphatic heterocycles. The molecule has 2 aromatic carbocycles. The quantitative estimate of drug-likeness (QED) is 0.805. The van der Waals surface area contributed by atoms with Crippen molar-refractivity contribution in [1.82, 2.24) is 9.55 Å². The van der Waals surface area contributed by atoms with Crippen LogP contribution in [-0.4, -0.2) is 16.7 Å². The molecule has 0 saturated heterocycles. The molecular weight excluding hydrogens is 276 g/mol. The monoisotopic (exact) mass is 288 g/mol. The predicted octanol–water partition coefficient (Wildman–Crippen LogP) is 3.04. The number of nitrogens with zero attached hydrogens (tertiary/aromatic N) is 1. The van der Waals surface area contributed by atoms with Gasteiger partial charge in [-0.15, -0.1) is 0 Å². The second kappa shape index (κ2) is 5.06. The van der Waals surface area contributed by atoms with Crippen molar-refractivity contribution in [2.45, 2.75) is 6.54 Å². The van der Waals surface area contributed by atoms with Crippen molar-refractivity contribution in [2.24, 2.45) is 0 Å². The van der Waals surface area contributed by atoms with E-state index in [1.165, 1.54) is 0 Å². The number of rotatable bonds is 3.